The fourth-order valence-corrected chi connectivity index (χ4v) is 2.46. The Labute approximate surface area is 142 Å². The van der Waals surface area contributed by atoms with Crippen LogP contribution < -0.4 is 5.32 Å². The molecule has 4 nitrogen and oxygen atoms in total. The first kappa shape index (κ1) is 16.5. The second-order valence-electron chi connectivity index (χ2n) is 5.41. The van der Waals surface area contributed by atoms with Gasteiger partial charge >= 0.3 is 0 Å². The Morgan fingerprint density at radius 1 is 1.17 bits per heavy atom. The molecule has 0 aliphatic heterocycles. The zero-order valence-corrected chi connectivity index (χ0v) is 13.6. The van der Waals surface area contributed by atoms with E-state index < -0.39 is 11.6 Å². The van der Waals surface area contributed by atoms with E-state index in [1.54, 1.807) is 24.3 Å². The Hall–Kier alpha value is -2.31. The Kier molecular flexibility index (Phi) is 4.87. The van der Waals surface area contributed by atoms with Gasteiger partial charge in [0, 0.05) is 22.2 Å². The highest BCUT2D eigenvalue weighted by atomic mass is 35.5. The van der Waals surface area contributed by atoms with E-state index >= 15 is 0 Å². The molecule has 0 unspecified atom stereocenters. The standard InChI is InChI=1S/C17H14ClF2N3O/c1-10(14-7-6-13(19)8-15(14)20)21-9-16-22-17(23-24-16)11-2-4-12(18)5-3-11/h2-8,10,21H,9H2,1H3/p+1/t10-/m1/s1. The zero-order chi connectivity index (χ0) is 17.1. The molecule has 2 aromatic carbocycles. The Morgan fingerprint density at radius 3 is 2.62 bits per heavy atom. The van der Waals surface area contributed by atoms with E-state index in [9.17, 15) is 8.78 Å². The lowest BCUT2D eigenvalue weighted by atomic mass is 10.1. The van der Waals surface area contributed by atoms with E-state index in [0.29, 0.717) is 28.8 Å². The summed E-state index contributed by atoms with van der Waals surface area (Å²) in [6.07, 6.45) is 0. The van der Waals surface area contributed by atoms with Crippen LogP contribution in [-0.4, -0.2) is 10.1 Å². The molecule has 3 aromatic rings. The molecule has 0 radical (unpaired) electrons. The number of rotatable bonds is 5. The normalized spacial score (nSPS) is 12.3. The van der Waals surface area contributed by atoms with Crippen molar-refractivity contribution in [3.8, 4) is 11.4 Å². The molecular formula is C17H15ClF2N3O+. The number of halogens is 3. The predicted octanol–water partition coefficient (Wildman–Crippen LogP) is 3.49. The van der Waals surface area contributed by atoms with Crippen molar-refractivity contribution in [3.05, 3.63) is 70.6 Å². The molecule has 0 bridgehead atoms. The summed E-state index contributed by atoms with van der Waals surface area (Å²) in [4.78, 5) is 4.31. The smallest absolute Gasteiger partial charge is 0.282 e. The molecule has 1 heterocycles. The van der Waals surface area contributed by atoms with E-state index in [1.165, 1.54) is 12.1 Å². The van der Waals surface area contributed by atoms with Crippen LogP contribution in [0.3, 0.4) is 0 Å². The molecule has 0 amide bonds. The summed E-state index contributed by atoms with van der Waals surface area (Å²) in [6.45, 7) is 2.21. The highest BCUT2D eigenvalue weighted by Gasteiger charge is 2.17. The van der Waals surface area contributed by atoms with Crippen LogP contribution in [0.2, 0.25) is 5.02 Å². The first-order valence-corrected chi connectivity index (χ1v) is 7.77. The molecule has 0 saturated heterocycles. The maximum absolute atomic E-state index is 13.8. The first-order valence-electron chi connectivity index (χ1n) is 7.40. The van der Waals surface area contributed by atoms with Gasteiger partial charge in [-0.2, -0.15) is 4.98 Å². The van der Waals surface area contributed by atoms with Crippen molar-refractivity contribution >= 4 is 11.6 Å². The summed E-state index contributed by atoms with van der Waals surface area (Å²) in [5, 5.41) is 6.40. The van der Waals surface area contributed by atoms with Crippen molar-refractivity contribution in [2.24, 2.45) is 0 Å². The van der Waals surface area contributed by atoms with Gasteiger partial charge in [0.15, 0.2) is 6.54 Å². The second kappa shape index (κ2) is 7.07. The lowest BCUT2D eigenvalue weighted by Gasteiger charge is -2.10. The van der Waals surface area contributed by atoms with Gasteiger partial charge in [0.2, 0.25) is 5.82 Å². The maximum atomic E-state index is 13.8. The Bertz CT molecular complexity index is 836. The number of benzene rings is 2. The Morgan fingerprint density at radius 2 is 1.92 bits per heavy atom. The van der Waals surface area contributed by atoms with Crippen LogP contribution in [0.15, 0.2) is 47.0 Å². The van der Waals surface area contributed by atoms with Crippen molar-refractivity contribution in [2.45, 2.75) is 19.5 Å². The van der Waals surface area contributed by atoms with Crippen molar-refractivity contribution in [2.75, 3.05) is 0 Å². The minimum atomic E-state index is -0.590. The van der Waals surface area contributed by atoms with Gasteiger partial charge < -0.3 is 9.84 Å². The average Bonchev–Trinajstić information content (AvgIpc) is 3.02. The highest BCUT2D eigenvalue weighted by Crippen LogP contribution is 2.19. The maximum Gasteiger partial charge on any atom is 0.282 e. The van der Waals surface area contributed by atoms with Crippen molar-refractivity contribution in [1.82, 2.24) is 10.1 Å². The van der Waals surface area contributed by atoms with Gasteiger partial charge in [0.25, 0.3) is 5.89 Å². The van der Waals surface area contributed by atoms with Gasteiger partial charge in [0.1, 0.15) is 17.7 Å². The van der Waals surface area contributed by atoms with Crippen molar-refractivity contribution in [3.63, 3.8) is 0 Å². The van der Waals surface area contributed by atoms with Gasteiger partial charge in [-0.25, -0.2) is 8.78 Å². The summed E-state index contributed by atoms with van der Waals surface area (Å²) >= 11 is 5.85. The SMILES string of the molecule is C[C@@H]([NH2+]Cc1nc(-c2ccc(Cl)cc2)no1)c1ccc(F)cc1F. The summed E-state index contributed by atoms with van der Waals surface area (Å²) in [5.41, 5.74) is 1.22. The first-order chi connectivity index (χ1) is 11.5. The monoisotopic (exact) mass is 350 g/mol. The molecule has 24 heavy (non-hydrogen) atoms. The number of nitrogens with zero attached hydrogens (tertiary/aromatic N) is 2. The molecule has 0 spiro atoms. The third-order valence-corrected chi connectivity index (χ3v) is 3.92. The molecule has 124 valence electrons. The third kappa shape index (κ3) is 3.77. The quantitative estimate of drug-likeness (QED) is 0.766. The topological polar surface area (TPSA) is 55.5 Å². The van der Waals surface area contributed by atoms with Gasteiger partial charge in [0.05, 0.1) is 0 Å². The minimum absolute atomic E-state index is 0.212. The van der Waals surface area contributed by atoms with Crippen molar-refractivity contribution < 1.29 is 18.6 Å². The molecule has 0 aliphatic carbocycles. The summed E-state index contributed by atoms with van der Waals surface area (Å²) < 4.78 is 31.9. The van der Waals surface area contributed by atoms with E-state index in [4.69, 9.17) is 16.1 Å². The van der Waals surface area contributed by atoms with Crippen LogP contribution in [0.4, 0.5) is 8.78 Å². The van der Waals surface area contributed by atoms with Gasteiger partial charge in [-0.3, -0.25) is 0 Å². The molecule has 7 heteroatoms. The number of hydrogen-bond donors (Lipinski definition) is 1. The van der Waals surface area contributed by atoms with Crippen LogP contribution in [-0.2, 0) is 6.54 Å². The number of hydrogen-bond acceptors (Lipinski definition) is 3. The molecule has 3 rings (SSSR count). The van der Waals surface area contributed by atoms with E-state index in [-0.39, 0.29) is 6.04 Å². The lowest BCUT2D eigenvalue weighted by Crippen LogP contribution is -2.83. The second-order valence-corrected chi connectivity index (χ2v) is 5.85. The van der Waals surface area contributed by atoms with Crippen LogP contribution in [0, 0.1) is 11.6 Å². The fourth-order valence-electron chi connectivity index (χ4n) is 2.33. The van der Waals surface area contributed by atoms with Gasteiger partial charge in [-0.15, -0.1) is 0 Å². The fraction of sp³-hybridized carbons (Fsp3) is 0.176. The van der Waals surface area contributed by atoms with Crippen molar-refractivity contribution in [1.29, 1.82) is 0 Å². The van der Waals surface area contributed by atoms with Crippen LogP contribution >= 0.6 is 11.6 Å². The van der Waals surface area contributed by atoms with E-state index in [1.807, 2.05) is 12.2 Å². The summed E-state index contributed by atoms with van der Waals surface area (Å²) in [5.74, 6) is -0.260. The highest BCUT2D eigenvalue weighted by molar-refractivity contribution is 6.30. The molecule has 0 aliphatic rings. The van der Waals surface area contributed by atoms with Gasteiger partial charge in [-0.05, 0) is 43.3 Å². The van der Waals surface area contributed by atoms with Gasteiger partial charge in [-0.1, -0.05) is 16.8 Å². The predicted molar refractivity (Wildman–Crippen MR) is 85.1 cm³/mol. The Balaban J connectivity index is 1.65. The van der Waals surface area contributed by atoms with Crippen LogP contribution in [0.25, 0.3) is 11.4 Å². The summed E-state index contributed by atoms with van der Waals surface area (Å²) in [7, 11) is 0. The number of aromatic nitrogens is 2. The molecule has 2 N–H and O–H groups in total. The zero-order valence-electron chi connectivity index (χ0n) is 12.8. The van der Waals surface area contributed by atoms with Crippen LogP contribution in [0.1, 0.15) is 24.4 Å². The largest absolute Gasteiger partial charge is 0.333 e. The molecule has 1 aromatic heterocycles. The van der Waals surface area contributed by atoms with E-state index in [0.717, 1.165) is 11.6 Å². The molecule has 1 atom stereocenters. The molecule has 0 fully saturated rings. The molecule has 0 saturated carbocycles. The minimum Gasteiger partial charge on any atom is -0.333 e. The lowest BCUT2D eigenvalue weighted by molar-refractivity contribution is -0.710. The number of nitrogens with two attached hydrogens (primary N) is 1. The average molecular weight is 351 g/mol. The van der Waals surface area contributed by atoms with Crippen LogP contribution in [0.5, 0.6) is 0 Å². The summed E-state index contributed by atoms with van der Waals surface area (Å²) in [6, 6.07) is 10.5. The third-order valence-electron chi connectivity index (χ3n) is 3.67. The number of quaternary nitrogens is 1. The molecular weight excluding hydrogens is 336 g/mol. The van der Waals surface area contributed by atoms with E-state index in [2.05, 4.69) is 10.1 Å².